The second kappa shape index (κ2) is 10.1. The van der Waals surface area contributed by atoms with Gasteiger partial charge in [0.1, 0.15) is 27.9 Å². The number of thiazole rings is 1. The van der Waals surface area contributed by atoms with E-state index in [1.165, 1.54) is 22.3 Å². The Morgan fingerprint density at radius 2 is 1.89 bits per heavy atom. The summed E-state index contributed by atoms with van der Waals surface area (Å²) in [5.74, 6) is -3.09. The van der Waals surface area contributed by atoms with E-state index in [1.807, 2.05) is 0 Å². The van der Waals surface area contributed by atoms with Crippen LogP contribution in [-0.4, -0.2) is 56.0 Å². The Kier molecular flexibility index (Phi) is 7.03. The fourth-order valence-electron chi connectivity index (χ4n) is 4.65. The Balaban J connectivity index is 1.35. The molecule has 3 heterocycles. The predicted molar refractivity (Wildman–Crippen MR) is 129 cm³/mol. The number of carbonyl (C=O) groups is 1. The number of ether oxygens (including phenoxy) is 1. The summed E-state index contributed by atoms with van der Waals surface area (Å²) < 4.78 is 75.3. The van der Waals surface area contributed by atoms with E-state index >= 15 is 0 Å². The lowest BCUT2D eigenvalue weighted by atomic mass is 9.96. The van der Waals surface area contributed by atoms with Gasteiger partial charge in [-0.05, 0) is 56.0 Å². The number of benzene rings is 2. The van der Waals surface area contributed by atoms with Gasteiger partial charge in [-0.2, -0.15) is 4.31 Å². The zero-order chi connectivity index (χ0) is 25.4. The van der Waals surface area contributed by atoms with Crippen LogP contribution in [0.15, 0.2) is 41.3 Å². The fraction of sp³-hybridized carbons (Fsp3) is 0.417. The van der Waals surface area contributed by atoms with Crippen LogP contribution >= 0.6 is 11.3 Å². The van der Waals surface area contributed by atoms with Crippen LogP contribution < -0.4 is 4.90 Å². The largest absolute Gasteiger partial charge is 0.376 e. The molecule has 3 aromatic rings. The van der Waals surface area contributed by atoms with E-state index < -0.39 is 38.3 Å². The lowest BCUT2D eigenvalue weighted by Gasteiger charge is -2.33. The molecule has 0 radical (unpaired) electrons. The Labute approximate surface area is 210 Å². The highest BCUT2D eigenvalue weighted by molar-refractivity contribution is 7.89. The second-order valence-electron chi connectivity index (χ2n) is 8.92. The van der Waals surface area contributed by atoms with Crippen molar-refractivity contribution in [2.75, 3.05) is 31.1 Å². The summed E-state index contributed by atoms with van der Waals surface area (Å²) in [4.78, 5) is 18.8. The van der Waals surface area contributed by atoms with Crippen molar-refractivity contribution in [2.24, 2.45) is 5.92 Å². The van der Waals surface area contributed by atoms with E-state index in [4.69, 9.17) is 4.74 Å². The molecule has 1 aromatic heterocycles. The van der Waals surface area contributed by atoms with Gasteiger partial charge >= 0.3 is 0 Å². The summed E-state index contributed by atoms with van der Waals surface area (Å²) in [7, 11) is -4.26. The molecule has 2 aromatic carbocycles. The molecule has 0 bridgehead atoms. The molecule has 5 rings (SSSR count). The predicted octanol–water partition coefficient (Wildman–Crippen LogP) is 4.33. The van der Waals surface area contributed by atoms with E-state index in [9.17, 15) is 26.4 Å². The minimum absolute atomic E-state index is 0.0169. The van der Waals surface area contributed by atoms with Crippen LogP contribution in [0.1, 0.15) is 25.7 Å². The summed E-state index contributed by atoms with van der Waals surface area (Å²) in [6.45, 7) is 0.842. The molecule has 36 heavy (non-hydrogen) atoms. The molecule has 2 saturated heterocycles. The number of fused-ring (bicyclic) bond motifs is 1. The molecule has 2 aliphatic heterocycles. The highest BCUT2D eigenvalue weighted by Crippen LogP contribution is 2.34. The summed E-state index contributed by atoms with van der Waals surface area (Å²) in [6.07, 6.45) is 1.92. The molecule has 7 nitrogen and oxygen atoms in total. The first-order chi connectivity index (χ1) is 17.2. The number of amides is 1. The molecule has 0 spiro atoms. The number of carbonyl (C=O) groups excluding carboxylic acids is 1. The number of para-hydroxylation sites is 1. The zero-order valence-corrected chi connectivity index (χ0v) is 20.8. The molecule has 1 unspecified atom stereocenters. The molecule has 192 valence electrons. The maximum absolute atomic E-state index is 14.3. The molecule has 0 saturated carbocycles. The summed E-state index contributed by atoms with van der Waals surface area (Å²) in [5.41, 5.74) is 0.195. The monoisotopic (exact) mass is 539 g/mol. The Morgan fingerprint density at radius 1 is 1.11 bits per heavy atom. The number of sulfonamides is 1. The van der Waals surface area contributed by atoms with Gasteiger partial charge in [-0.25, -0.2) is 26.6 Å². The fourth-order valence-corrected chi connectivity index (χ4v) is 7.19. The molecular formula is C24H24F3N3O4S2. The maximum Gasteiger partial charge on any atom is 0.246 e. The molecular weight excluding hydrogens is 515 g/mol. The van der Waals surface area contributed by atoms with Gasteiger partial charge in [0.2, 0.25) is 15.9 Å². The first-order valence-electron chi connectivity index (χ1n) is 11.7. The summed E-state index contributed by atoms with van der Waals surface area (Å²) >= 11 is 1.22. The van der Waals surface area contributed by atoms with Crippen molar-refractivity contribution in [3.8, 4) is 0 Å². The van der Waals surface area contributed by atoms with Crippen LogP contribution in [0.2, 0.25) is 0 Å². The minimum atomic E-state index is -4.26. The normalized spacial score (nSPS) is 19.7. The average Bonchev–Trinajstić information content (AvgIpc) is 3.54. The van der Waals surface area contributed by atoms with Crippen molar-refractivity contribution in [1.29, 1.82) is 0 Å². The van der Waals surface area contributed by atoms with Crippen molar-refractivity contribution in [2.45, 2.75) is 36.7 Å². The van der Waals surface area contributed by atoms with Gasteiger partial charge in [0, 0.05) is 25.6 Å². The Hall–Kier alpha value is -2.54. The number of halogens is 3. The van der Waals surface area contributed by atoms with Crippen LogP contribution in [0.4, 0.5) is 18.3 Å². The van der Waals surface area contributed by atoms with Crippen LogP contribution in [-0.2, 0) is 19.6 Å². The van der Waals surface area contributed by atoms with Gasteiger partial charge in [-0.1, -0.05) is 17.4 Å². The number of nitrogens with zero attached hydrogens (tertiary/aromatic N) is 3. The Morgan fingerprint density at radius 3 is 2.58 bits per heavy atom. The van der Waals surface area contributed by atoms with Crippen LogP contribution in [0.3, 0.4) is 0 Å². The van der Waals surface area contributed by atoms with E-state index in [0.29, 0.717) is 22.5 Å². The SMILES string of the molecule is O=C(C1CCN(S(=O)(=O)c2cc(F)ccc2F)CC1)N(CC1CCCO1)c1nc2c(F)cccc2s1. The van der Waals surface area contributed by atoms with Gasteiger partial charge in [0.25, 0.3) is 0 Å². The third-order valence-corrected chi connectivity index (χ3v) is 9.54. The lowest BCUT2D eigenvalue weighted by molar-refractivity contribution is -0.123. The van der Waals surface area contributed by atoms with Gasteiger partial charge in [0.05, 0.1) is 17.3 Å². The van der Waals surface area contributed by atoms with Crippen molar-refractivity contribution in [3.63, 3.8) is 0 Å². The quantitative estimate of drug-likeness (QED) is 0.466. The number of hydrogen-bond donors (Lipinski definition) is 0. The first-order valence-corrected chi connectivity index (χ1v) is 13.9. The second-order valence-corrected chi connectivity index (χ2v) is 11.8. The molecule has 1 amide bonds. The van der Waals surface area contributed by atoms with Crippen molar-refractivity contribution < 1.29 is 31.1 Å². The van der Waals surface area contributed by atoms with E-state index in [2.05, 4.69) is 4.98 Å². The molecule has 0 aliphatic carbocycles. The smallest absolute Gasteiger partial charge is 0.246 e. The number of rotatable bonds is 6. The van der Waals surface area contributed by atoms with Crippen molar-refractivity contribution >= 4 is 42.6 Å². The highest BCUT2D eigenvalue weighted by atomic mass is 32.2. The van der Waals surface area contributed by atoms with Crippen molar-refractivity contribution in [1.82, 2.24) is 9.29 Å². The number of piperidine rings is 1. The summed E-state index contributed by atoms with van der Waals surface area (Å²) in [6, 6.07) is 6.94. The standard InChI is InChI=1S/C24H24F3N3O4S2/c25-16-6-7-18(26)21(13-16)36(32,33)29-10-8-15(9-11-29)23(31)30(14-17-3-2-12-34-17)24-28-22-19(27)4-1-5-20(22)35-24/h1,4-7,13,15,17H,2-3,8-12,14H2. The van der Waals surface area contributed by atoms with Gasteiger partial charge in [0.15, 0.2) is 5.13 Å². The van der Waals surface area contributed by atoms with Crippen LogP contribution in [0, 0.1) is 23.4 Å². The van der Waals surface area contributed by atoms with Gasteiger partial charge < -0.3 is 4.74 Å². The maximum atomic E-state index is 14.3. The topological polar surface area (TPSA) is 79.8 Å². The lowest BCUT2D eigenvalue weighted by Crippen LogP contribution is -2.46. The zero-order valence-electron chi connectivity index (χ0n) is 19.2. The number of hydrogen-bond acceptors (Lipinski definition) is 6. The highest BCUT2D eigenvalue weighted by Gasteiger charge is 2.37. The van der Waals surface area contributed by atoms with E-state index in [1.54, 1.807) is 12.1 Å². The van der Waals surface area contributed by atoms with Crippen molar-refractivity contribution in [3.05, 3.63) is 53.8 Å². The summed E-state index contributed by atoms with van der Waals surface area (Å²) in [5, 5.41) is 0.368. The van der Waals surface area contributed by atoms with Gasteiger partial charge in [-0.15, -0.1) is 0 Å². The Bertz CT molecular complexity index is 1380. The van der Waals surface area contributed by atoms with Gasteiger partial charge in [-0.3, -0.25) is 9.69 Å². The molecule has 0 N–H and O–H groups in total. The van der Waals surface area contributed by atoms with Crippen LogP contribution in [0.5, 0.6) is 0 Å². The molecule has 1 atom stereocenters. The van der Waals surface area contributed by atoms with E-state index in [0.717, 1.165) is 29.3 Å². The third-order valence-electron chi connectivity index (χ3n) is 6.58. The minimum Gasteiger partial charge on any atom is -0.376 e. The molecule has 2 fully saturated rings. The first kappa shape index (κ1) is 25.1. The number of anilines is 1. The molecule has 12 heteroatoms. The number of aromatic nitrogens is 1. The average molecular weight is 540 g/mol. The molecule has 2 aliphatic rings. The van der Waals surface area contributed by atoms with E-state index in [-0.39, 0.29) is 50.0 Å². The third kappa shape index (κ3) is 4.86. The van der Waals surface area contributed by atoms with Crippen LogP contribution in [0.25, 0.3) is 10.2 Å².